The maximum absolute atomic E-state index is 14.1. The number of likely N-dealkylation sites (tertiary alicyclic amines) is 1. The number of anilines is 1. The summed E-state index contributed by atoms with van der Waals surface area (Å²) >= 11 is 1.46. The number of alkyl carbamates (subject to hydrolysis) is 1. The van der Waals surface area contributed by atoms with Gasteiger partial charge in [-0.3, -0.25) is 9.59 Å². The number of nitrogens with one attached hydrogen (secondary N) is 2. The van der Waals surface area contributed by atoms with Gasteiger partial charge in [-0.25, -0.2) is 23.5 Å². The van der Waals surface area contributed by atoms with Crippen molar-refractivity contribution < 1.29 is 37.4 Å². The summed E-state index contributed by atoms with van der Waals surface area (Å²) in [5.41, 5.74) is 7.71. The summed E-state index contributed by atoms with van der Waals surface area (Å²) in [4.78, 5) is 50.8. The van der Waals surface area contributed by atoms with Crippen LogP contribution in [-0.4, -0.2) is 82.7 Å². The maximum atomic E-state index is 14.1. The predicted molar refractivity (Wildman–Crippen MR) is 184 cm³/mol. The number of pyridine rings is 1. The maximum Gasteiger partial charge on any atom is 0.408 e. The van der Waals surface area contributed by atoms with Crippen molar-refractivity contribution in [2.45, 2.75) is 97.1 Å². The number of ether oxygens (including phenoxy) is 3. The second kappa shape index (κ2) is 13.1. The van der Waals surface area contributed by atoms with Gasteiger partial charge < -0.3 is 35.5 Å². The van der Waals surface area contributed by atoms with Crippen LogP contribution in [0.3, 0.4) is 0 Å². The Morgan fingerprint density at radius 3 is 2.38 bits per heavy atom. The second-order valence-corrected chi connectivity index (χ2v) is 15.7. The molecule has 6 atom stereocenters. The second-order valence-electron chi connectivity index (χ2n) is 14.8. The van der Waals surface area contributed by atoms with Gasteiger partial charge in [0.2, 0.25) is 11.8 Å². The summed E-state index contributed by atoms with van der Waals surface area (Å²) < 4.78 is 44.9. The van der Waals surface area contributed by atoms with E-state index in [9.17, 15) is 23.2 Å². The lowest BCUT2D eigenvalue weighted by Gasteiger charge is -2.35. The molecule has 2 unspecified atom stereocenters. The number of carbonyl (C=O) groups is 3. The van der Waals surface area contributed by atoms with Crippen LogP contribution in [0.2, 0.25) is 0 Å². The molecule has 4 N–H and O–H groups in total. The van der Waals surface area contributed by atoms with Crippen molar-refractivity contribution in [1.82, 2.24) is 20.2 Å². The summed E-state index contributed by atoms with van der Waals surface area (Å²) in [7, 11) is 1.59. The van der Waals surface area contributed by atoms with E-state index in [0.717, 1.165) is 10.7 Å². The lowest BCUT2D eigenvalue weighted by atomic mass is 9.85. The van der Waals surface area contributed by atoms with E-state index >= 15 is 0 Å². The Hall–Kier alpha value is -4.27. The van der Waals surface area contributed by atoms with Crippen molar-refractivity contribution in [3.8, 4) is 22.9 Å². The number of primary amides is 1. The van der Waals surface area contributed by atoms with Crippen LogP contribution in [0, 0.1) is 24.2 Å². The average Bonchev–Trinajstić information content (AvgIpc) is 3.60. The van der Waals surface area contributed by atoms with Crippen molar-refractivity contribution in [3.63, 3.8) is 0 Å². The fourth-order valence-corrected chi connectivity index (χ4v) is 7.94. The smallest absolute Gasteiger partial charge is 0.408 e. The highest BCUT2D eigenvalue weighted by Crippen LogP contribution is 2.64. The number of amides is 3. The summed E-state index contributed by atoms with van der Waals surface area (Å²) in [5, 5.41) is 9.33. The molecule has 2 aromatic heterocycles. The molecule has 1 aliphatic heterocycles. The van der Waals surface area contributed by atoms with Gasteiger partial charge in [0, 0.05) is 46.7 Å². The highest BCUT2D eigenvalue weighted by atomic mass is 32.1. The number of alkyl halides is 2. The molecular formula is C35H44F2N6O6S. The molecule has 3 aromatic rings. The lowest BCUT2D eigenvalue weighted by molar-refractivity contribution is -0.141. The highest BCUT2D eigenvalue weighted by molar-refractivity contribution is 7.14. The van der Waals surface area contributed by atoms with Gasteiger partial charge >= 0.3 is 6.09 Å². The van der Waals surface area contributed by atoms with Gasteiger partial charge in [0.25, 0.3) is 5.92 Å². The zero-order valence-corrected chi connectivity index (χ0v) is 30.0. The van der Waals surface area contributed by atoms with Crippen molar-refractivity contribution in [2.75, 3.05) is 19.0 Å². The van der Waals surface area contributed by atoms with Gasteiger partial charge in [-0.1, -0.05) is 20.8 Å². The minimum atomic E-state index is -2.69. The number of benzene rings is 1. The van der Waals surface area contributed by atoms with Crippen LogP contribution >= 0.6 is 11.3 Å². The predicted octanol–water partition coefficient (Wildman–Crippen LogP) is 5.51. The van der Waals surface area contributed by atoms with E-state index in [1.54, 1.807) is 33.9 Å². The number of rotatable bonds is 10. The van der Waals surface area contributed by atoms with E-state index in [1.165, 1.54) is 16.2 Å². The molecule has 1 aromatic carbocycles. The third-order valence-electron chi connectivity index (χ3n) is 9.76. The number of thiazole rings is 1. The zero-order chi connectivity index (χ0) is 36.3. The first-order chi connectivity index (χ1) is 23.5. The van der Waals surface area contributed by atoms with Gasteiger partial charge in [-0.05, 0) is 51.2 Å². The number of methoxy groups -OCH3 is 1. The number of halogens is 2. The molecule has 0 spiro atoms. The Morgan fingerprint density at radius 2 is 1.76 bits per heavy atom. The minimum Gasteiger partial charge on any atom is -0.496 e. The Kier molecular flexibility index (Phi) is 9.33. The van der Waals surface area contributed by atoms with Gasteiger partial charge in [0.1, 0.15) is 41.5 Å². The number of carbonyl (C=O) groups excluding carboxylic acids is 3. The molecule has 270 valence electrons. The molecule has 0 radical (unpaired) electrons. The summed E-state index contributed by atoms with van der Waals surface area (Å²) in [6.45, 7) is 11.3. The first-order valence-corrected chi connectivity index (χ1v) is 17.7. The first kappa shape index (κ1) is 35.6. The molecule has 3 aliphatic rings. The van der Waals surface area contributed by atoms with Crippen molar-refractivity contribution in [3.05, 3.63) is 29.1 Å². The highest BCUT2D eigenvalue weighted by Gasteiger charge is 2.72. The molecule has 6 rings (SSSR count). The van der Waals surface area contributed by atoms with Crippen molar-refractivity contribution in [1.29, 1.82) is 0 Å². The van der Waals surface area contributed by atoms with Crippen LogP contribution in [0.4, 0.5) is 18.7 Å². The van der Waals surface area contributed by atoms with Gasteiger partial charge in [0.15, 0.2) is 5.13 Å². The molecule has 2 saturated carbocycles. The van der Waals surface area contributed by atoms with Crippen LogP contribution in [0.1, 0.15) is 59.4 Å². The molecule has 3 amide bonds. The summed E-state index contributed by atoms with van der Waals surface area (Å²) in [5.74, 6) is -4.32. The molecule has 1 saturated heterocycles. The van der Waals surface area contributed by atoms with E-state index in [4.69, 9.17) is 29.9 Å². The topological polar surface area (TPSA) is 158 Å². The number of hydrogen-bond donors (Lipinski definition) is 3. The van der Waals surface area contributed by atoms with Gasteiger partial charge in [-0.15, -0.1) is 11.3 Å². The minimum absolute atomic E-state index is 0.0181. The Labute approximate surface area is 293 Å². The van der Waals surface area contributed by atoms with E-state index in [-0.39, 0.29) is 31.8 Å². The van der Waals surface area contributed by atoms with Crippen LogP contribution in [0.25, 0.3) is 22.3 Å². The largest absolute Gasteiger partial charge is 0.496 e. The van der Waals surface area contributed by atoms with Crippen molar-refractivity contribution in [2.24, 2.45) is 23.0 Å². The molecule has 15 heteroatoms. The van der Waals surface area contributed by atoms with Gasteiger partial charge in [-0.2, -0.15) is 0 Å². The Morgan fingerprint density at radius 1 is 1.06 bits per heavy atom. The zero-order valence-electron chi connectivity index (χ0n) is 29.2. The third-order valence-corrected chi connectivity index (χ3v) is 10.5. The molecular weight excluding hydrogens is 670 g/mol. The molecule has 2 aliphatic carbocycles. The van der Waals surface area contributed by atoms with Crippen LogP contribution < -0.4 is 25.8 Å². The molecule has 12 nitrogen and oxygen atoms in total. The number of aryl methyl sites for hydroxylation is 1. The Bertz CT molecular complexity index is 1800. The van der Waals surface area contributed by atoms with E-state index in [1.807, 2.05) is 38.3 Å². The Balaban J connectivity index is 1.24. The third kappa shape index (κ3) is 6.88. The van der Waals surface area contributed by atoms with Crippen LogP contribution in [-0.2, 0) is 14.3 Å². The molecule has 0 bridgehead atoms. The molecule has 50 heavy (non-hydrogen) atoms. The van der Waals surface area contributed by atoms with E-state index in [2.05, 4.69) is 10.6 Å². The van der Waals surface area contributed by atoms with Crippen LogP contribution in [0.15, 0.2) is 23.6 Å². The summed E-state index contributed by atoms with van der Waals surface area (Å²) in [6, 6.07) is 3.57. The number of nitrogens with zero attached hydrogens (tertiary/aromatic N) is 3. The monoisotopic (exact) mass is 714 g/mol. The lowest BCUT2D eigenvalue weighted by Crippen LogP contribution is -2.57. The fraction of sp³-hybridized carbons (Fsp3) is 0.571. The fourth-order valence-electron chi connectivity index (χ4n) is 7.09. The number of hydrogen-bond acceptors (Lipinski definition) is 10. The number of aromatic nitrogens is 2. The molecule has 3 fully saturated rings. The first-order valence-electron chi connectivity index (χ1n) is 16.8. The van der Waals surface area contributed by atoms with Gasteiger partial charge in [0.05, 0.1) is 24.9 Å². The average molecular weight is 715 g/mol. The molecule has 3 heterocycles. The van der Waals surface area contributed by atoms with E-state index in [0.29, 0.717) is 33.8 Å². The normalized spacial score (nSPS) is 24.5. The quantitative estimate of drug-likeness (QED) is 0.246. The van der Waals surface area contributed by atoms with Crippen molar-refractivity contribution >= 4 is 45.3 Å². The van der Waals surface area contributed by atoms with E-state index < -0.39 is 65.4 Å². The SMILES string of the molecule is COc1ccc2c(OC3C[C@@H](C(N)=O)N(C(=O)[C@@H](NC(=O)OC4C[C@@H]5[C@H](C4)C5(F)F)C(C)(C)C)C3)cc(-c3csc(NC(C)C)n3)nc2c1C. The number of nitrogens with two attached hydrogens (primary N) is 1. The number of fused-ring (bicyclic) bond motifs is 2. The summed E-state index contributed by atoms with van der Waals surface area (Å²) in [6.07, 6.45) is -1.85. The van der Waals surface area contributed by atoms with Crippen LogP contribution in [0.5, 0.6) is 11.5 Å². The standard InChI is InChI=1S/C35H44F2N6O6S/c1-16(2)39-32-41-24(15-50-32)23-13-27(20-8-9-26(47-7)17(3)28(20)40-23)48-19-12-25(30(38)44)43(14-19)31(45)29(34(4,5)6)42-33(46)49-18-10-21-22(11-18)35(21,36)37/h8-9,13,15-16,18-19,21-22,25,29H,10-12,14H2,1-7H3,(H2,38,44)(H,39,41)(H,42,46)/t18?,19?,21-,22+,25-,29+/m0/s1.